The molecule has 17 heavy (non-hydrogen) atoms. The van der Waals surface area contributed by atoms with Gasteiger partial charge in [-0.2, -0.15) is 0 Å². The number of nitrogens with one attached hydrogen (secondary N) is 1. The van der Waals surface area contributed by atoms with Crippen molar-refractivity contribution in [1.82, 2.24) is 0 Å². The van der Waals surface area contributed by atoms with E-state index in [-0.39, 0.29) is 11.8 Å². The molecule has 0 fully saturated rings. The second-order valence-corrected chi connectivity index (χ2v) is 3.89. The summed E-state index contributed by atoms with van der Waals surface area (Å²) in [5.41, 5.74) is 0.973. The van der Waals surface area contributed by atoms with Gasteiger partial charge in [-0.3, -0.25) is 10.1 Å². The van der Waals surface area contributed by atoms with Gasteiger partial charge >= 0.3 is 0 Å². The minimum absolute atomic E-state index is 0.104. The quantitative estimate of drug-likeness (QED) is 0.642. The van der Waals surface area contributed by atoms with Gasteiger partial charge in [0.1, 0.15) is 6.10 Å². The second kappa shape index (κ2) is 5.34. The van der Waals surface area contributed by atoms with Crippen LogP contribution in [0.15, 0.2) is 36.6 Å². The Morgan fingerprint density at radius 2 is 2.18 bits per heavy atom. The molecule has 5 nitrogen and oxygen atoms in total. The summed E-state index contributed by atoms with van der Waals surface area (Å²) in [6.45, 7) is 0.710. The van der Waals surface area contributed by atoms with Crippen LogP contribution in [0.2, 0.25) is 0 Å². The van der Waals surface area contributed by atoms with Crippen LogP contribution < -0.4 is 5.32 Å². The largest absolute Gasteiger partial charge is 0.497 e. The van der Waals surface area contributed by atoms with E-state index in [0.717, 1.165) is 18.5 Å². The number of ether oxygens (including phenoxy) is 1. The molecule has 0 saturated carbocycles. The van der Waals surface area contributed by atoms with Crippen molar-refractivity contribution in [2.24, 2.45) is 0 Å². The summed E-state index contributed by atoms with van der Waals surface area (Å²) in [5, 5.41) is 13.7. The highest BCUT2D eigenvalue weighted by Gasteiger charge is 2.10. The third-order valence-electron chi connectivity index (χ3n) is 2.63. The number of hydrogen-bond acceptors (Lipinski definition) is 4. The van der Waals surface area contributed by atoms with Crippen LogP contribution in [0, 0.1) is 10.1 Å². The van der Waals surface area contributed by atoms with E-state index in [0.29, 0.717) is 6.54 Å². The second-order valence-electron chi connectivity index (χ2n) is 3.89. The predicted octanol–water partition coefficient (Wildman–Crippen LogP) is 2.70. The van der Waals surface area contributed by atoms with Crippen molar-refractivity contribution < 1.29 is 9.66 Å². The Morgan fingerprint density at radius 1 is 1.41 bits per heavy atom. The van der Waals surface area contributed by atoms with E-state index in [4.69, 9.17) is 4.74 Å². The molecule has 5 heteroatoms. The maximum Gasteiger partial charge on any atom is 0.269 e. The Balaban J connectivity index is 1.86. The molecule has 1 aromatic rings. The van der Waals surface area contributed by atoms with Crippen LogP contribution in [0.25, 0.3) is 0 Å². The molecule has 1 N–H and O–H groups in total. The number of nitro benzene ring substituents is 1. The topological polar surface area (TPSA) is 64.4 Å². The average Bonchev–Trinajstić information content (AvgIpc) is 2.38. The van der Waals surface area contributed by atoms with Crippen molar-refractivity contribution in [2.45, 2.75) is 18.9 Å². The summed E-state index contributed by atoms with van der Waals surface area (Å²) >= 11 is 0. The number of benzene rings is 1. The lowest BCUT2D eigenvalue weighted by atomic mass is 10.1. The molecule has 0 amide bonds. The third-order valence-corrected chi connectivity index (χ3v) is 2.63. The van der Waals surface area contributed by atoms with Gasteiger partial charge in [-0.1, -0.05) is 0 Å². The van der Waals surface area contributed by atoms with Gasteiger partial charge in [0.25, 0.3) is 5.69 Å². The normalized spacial score (nSPS) is 18.5. The SMILES string of the molecule is O=[N+]([O-])c1ccc(NC[C@@H]2CCC=CO2)cc1. The van der Waals surface area contributed by atoms with Crippen LogP contribution in [0.3, 0.4) is 0 Å². The monoisotopic (exact) mass is 234 g/mol. The number of nitrogens with zero attached hydrogens (tertiary/aromatic N) is 1. The summed E-state index contributed by atoms with van der Waals surface area (Å²) in [7, 11) is 0. The fraction of sp³-hybridized carbons (Fsp3) is 0.333. The Morgan fingerprint density at radius 3 is 2.76 bits per heavy atom. The smallest absolute Gasteiger partial charge is 0.269 e. The number of non-ortho nitro benzene ring substituents is 1. The molecule has 0 radical (unpaired) electrons. The van der Waals surface area contributed by atoms with Gasteiger partial charge in [0.15, 0.2) is 0 Å². The lowest BCUT2D eigenvalue weighted by molar-refractivity contribution is -0.384. The standard InChI is InChI=1S/C12H14N2O3/c15-14(16)11-6-4-10(5-7-11)13-9-12-3-1-2-8-17-12/h2,4-8,12-13H,1,3,9H2/t12-/m0/s1. The summed E-state index contributed by atoms with van der Waals surface area (Å²) in [5.74, 6) is 0. The lowest BCUT2D eigenvalue weighted by Crippen LogP contribution is -2.22. The Labute approximate surface area is 99.2 Å². The van der Waals surface area contributed by atoms with Crippen LogP contribution in [0.1, 0.15) is 12.8 Å². The van der Waals surface area contributed by atoms with E-state index < -0.39 is 4.92 Å². The van der Waals surface area contributed by atoms with Crippen LogP contribution in [-0.4, -0.2) is 17.6 Å². The fourth-order valence-electron chi connectivity index (χ4n) is 1.67. The first kappa shape index (κ1) is 11.4. The Bertz CT molecular complexity index is 414. The van der Waals surface area contributed by atoms with Gasteiger partial charge in [0.05, 0.1) is 17.7 Å². The van der Waals surface area contributed by atoms with Gasteiger partial charge in [0, 0.05) is 17.8 Å². The van der Waals surface area contributed by atoms with E-state index in [1.165, 1.54) is 12.1 Å². The highest BCUT2D eigenvalue weighted by atomic mass is 16.6. The Kier molecular flexibility index (Phi) is 3.59. The molecule has 0 bridgehead atoms. The minimum Gasteiger partial charge on any atom is -0.497 e. The van der Waals surface area contributed by atoms with Crippen molar-refractivity contribution in [1.29, 1.82) is 0 Å². The lowest BCUT2D eigenvalue weighted by Gasteiger charge is -2.20. The molecule has 0 spiro atoms. The highest BCUT2D eigenvalue weighted by Crippen LogP contribution is 2.16. The van der Waals surface area contributed by atoms with Crippen molar-refractivity contribution in [2.75, 3.05) is 11.9 Å². The Hall–Kier alpha value is -2.04. The van der Waals surface area contributed by atoms with Crippen LogP contribution in [0.4, 0.5) is 11.4 Å². The average molecular weight is 234 g/mol. The van der Waals surface area contributed by atoms with Crippen molar-refractivity contribution in [3.8, 4) is 0 Å². The number of hydrogen-bond donors (Lipinski definition) is 1. The fourth-order valence-corrected chi connectivity index (χ4v) is 1.67. The summed E-state index contributed by atoms with van der Waals surface area (Å²) in [6.07, 6.45) is 5.94. The van der Waals surface area contributed by atoms with Crippen molar-refractivity contribution in [3.05, 3.63) is 46.7 Å². The molecule has 0 saturated heterocycles. The molecule has 0 aliphatic carbocycles. The number of allylic oxidation sites excluding steroid dienone is 1. The first-order valence-electron chi connectivity index (χ1n) is 5.54. The summed E-state index contributed by atoms with van der Waals surface area (Å²) in [6, 6.07) is 6.39. The van der Waals surface area contributed by atoms with Gasteiger partial charge in [-0.25, -0.2) is 0 Å². The van der Waals surface area contributed by atoms with Gasteiger partial charge in [-0.15, -0.1) is 0 Å². The van der Waals surface area contributed by atoms with Crippen molar-refractivity contribution >= 4 is 11.4 Å². The number of anilines is 1. The molecule has 1 aromatic carbocycles. The van der Waals surface area contributed by atoms with Crippen LogP contribution in [-0.2, 0) is 4.74 Å². The van der Waals surface area contributed by atoms with Crippen molar-refractivity contribution in [3.63, 3.8) is 0 Å². The first-order valence-corrected chi connectivity index (χ1v) is 5.54. The van der Waals surface area contributed by atoms with E-state index >= 15 is 0 Å². The summed E-state index contributed by atoms with van der Waals surface area (Å²) in [4.78, 5) is 10.1. The van der Waals surface area contributed by atoms with E-state index in [1.54, 1.807) is 18.4 Å². The summed E-state index contributed by atoms with van der Waals surface area (Å²) < 4.78 is 5.41. The maximum atomic E-state index is 10.5. The molecule has 0 aromatic heterocycles. The van der Waals surface area contributed by atoms with Gasteiger partial charge in [-0.05, 0) is 31.1 Å². The highest BCUT2D eigenvalue weighted by molar-refractivity contribution is 5.48. The molecular weight excluding hydrogens is 220 g/mol. The predicted molar refractivity (Wildman–Crippen MR) is 64.8 cm³/mol. The molecule has 1 atom stereocenters. The van der Waals surface area contributed by atoms with Gasteiger partial charge < -0.3 is 10.1 Å². The molecule has 1 aliphatic heterocycles. The van der Waals surface area contributed by atoms with E-state index in [2.05, 4.69) is 5.32 Å². The first-order chi connectivity index (χ1) is 8.25. The zero-order valence-corrected chi connectivity index (χ0v) is 9.33. The van der Waals surface area contributed by atoms with E-state index in [9.17, 15) is 10.1 Å². The number of nitro groups is 1. The van der Waals surface area contributed by atoms with Crippen LogP contribution >= 0.6 is 0 Å². The number of rotatable bonds is 4. The molecule has 2 rings (SSSR count). The molecular formula is C12H14N2O3. The molecule has 1 aliphatic rings. The maximum absolute atomic E-state index is 10.5. The van der Waals surface area contributed by atoms with Crippen LogP contribution in [0.5, 0.6) is 0 Å². The van der Waals surface area contributed by atoms with E-state index in [1.807, 2.05) is 6.08 Å². The van der Waals surface area contributed by atoms with Gasteiger partial charge in [0.2, 0.25) is 0 Å². The zero-order chi connectivity index (χ0) is 12.1. The molecule has 1 heterocycles. The minimum atomic E-state index is -0.404. The molecule has 90 valence electrons. The molecule has 0 unspecified atom stereocenters. The zero-order valence-electron chi connectivity index (χ0n) is 9.33. The third kappa shape index (κ3) is 3.21.